The summed E-state index contributed by atoms with van der Waals surface area (Å²) in [7, 11) is 0.843. The van der Waals surface area contributed by atoms with Crippen molar-refractivity contribution in [1.29, 1.82) is 0 Å². The lowest BCUT2D eigenvalue weighted by atomic mass is 9.86. The summed E-state index contributed by atoms with van der Waals surface area (Å²) in [6, 6.07) is 15.4. The van der Waals surface area contributed by atoms with Gasteiger partial charge in [0.1, 0.15) is 18.1 Å². The average molecular weight is 661 g/mol. The number of nitrogens with zero attached hydrogens (tertiary/aromatic N) is 2. The van der Waals surface area contributed by atoms with E-state index in [1.165, 1.54) is 35.6 Å². The van der Waals surface area contributed by atoms with Crippen molar-refractivity contribution >= 4 is 27.4 Å². The zero-order valence-electron chi connectivity index (χ0n) is 26.9. The van der Waals surface area contributed by atoms with Crippen molar-refractivity contribution in [2.45, 2.75) is 30.7 Å². The summed E-state index contributed by atoms with van der Waals surface area (Å²) in [5, 5.41) is 11.2. The Bertz CT molecular complexity index is 1550. The number of carboxylic acids is 1. The fraction of sp³-hybridized carbons (Fsp3) is 0.406. The number of hydrazine groups is 1. The number of methoxy groups -OCH3 is 1. The summed E-state index contributed by atoms with van der Waals surface area (Å²) < 4.78 is 50.1. The lowest BCUT2D eigenvalue weighted by Gasteiger charge is -2.23. The summed E-state index contributed by atoms with van der Waals surface area (Å²) in [4.78, 5) is 12.1. The highest BCUT2D eigenvalue weighted by atomic mass is 32.2. The molecule has 1 unspecified atom stereocenters. The van der Waals surface area contributed by atoms with Crippen LogP contribution in [0, 0.1) is 6.92 Å². The third-order valence-corrected chi connectivity index (χ3v) is 9.18. The minimum Gasteiger partial charge on any atom is -0.494 e. The van der Waals surface area contributed by atoms with Crippen LogP contribution in [0.2, 0.25) is 0 Å². The van der Waals surface area contributed by atoms with Gasteiger partial charge in [0.15, 0.2) is 11.4 Å². The van der Waals surface area contributed by atoms with E-state index in [4.69, 9.17) is 30.5 Å². The van der Waals surface area contributed by atoms with Gasteiger partial charge in [0, 0.05) is 39.2 Å². The van der Waals surface area contributed by atoms with Crippen molar-refractivity contribution in [3.8, 4) is 11.5 Å². The van der Waals surface area contributed by atoms with Crippen LogP contribution >= 0.6 is 0 Å². The lowest BCUT2D eigenvalue weighted by Crippen LogP contribution is -2.43. The molecule has 0 aliphatic heterocycles. The molecule has 0 aliphatic rings. The number of rotatable bonds is 19. The van der Waals surface area contributed by atoms with E-state index in [9.17, 15) is 18.3 Å². The molecule has 8 N–H and O–H groups in total. The van der Waals surface area contributed by atoms with Gasteiger partial charge in [0.25, 0.3) is 0 Å². The van der Waals surface area contributed by atoms with Crippen LogP contribution in [0.1, 0.15) is 34.6 Å². The summed E-state index contributed by atoms with van der Waals surface area (Å²) in [5.74, 6) is 5.43. The number of hydrogen-bond donors (Lipinski definition) is 4. The summed E-state index contributed by atoms with van der Waals surface area (Å²) in [6.45, 7) is 4.47. The summed E-state index contributed by atoms with van der Waals surface area (Å²) in [6.07, 6.45) is -0.194. The third kappa shape index (κ3) is 9.87. The van der Waals surface area contributed by atoms with Crippen LogP contribution in [-0.4, -0.2) is 84.6 Å². The first-order valence-electron chi connectivity index (χ1n) is 14.8. The molecule has 0 aliphatic carbocycles. The first-order valence-corrected chi connectivity index (χ1v) is 16.2. The van der Waals surface area contributed by atoms with Crippen LogP contribution < -0.4 is 31.8 Å². The number of aryl methyl sites for hydroxylation is 1. The maximum Gasteiger partial charge on any atom is 0.304 e. The molecule has 3 aromatic carbocycles. The van der Waals surface area contributed by atoms with Crippen LogP contribution in [0.25, 0.3) is 0 Å². The van der Waals surface area contributed by atoms with Crippen molar-refractivity contribution in [1.82, 2.24) is 4.31 Å². The molecular formula is C32H46N5O8S+. The first kappa shape index (κ1) is 36.7. The number of ether oxygens (including phenoxy) is 4. The van der Waals surface area contributed by atoms with E-state index in [1.807, 2.05) is 25.1 Å². The van der Waals surface area contributed by atoms with Gasteiger partial charge >= 0.3 is 5.97 Å². The maximum atomic E-state index is 13.5. The number of aliphatic carboxylic acids is 1. The normalized spacial score (nSPS) is 12.3. The highest BCUT2D eigenvalue weighted by Gasteiger charge is 2.25. The topological polar surface area (TPSA) is 195 Å². The minimum absolute atomic E-state index is 0.0766. The standard InChI is InChI=1S/C32H45N5O8S/c1-22-5-6-23(28(20-31(38)39)24-18-29(34)32(37(3)35)30(19-24)42-4)17-25(22)21-36(2)46(40,41)27-9-7-26(8-10-27)45-16-15-44-14-13-43-12-11-33/h5-10,17-19,28H,11-16,20-21,33-35H2,1-4H3,(H,38,39)/p+1. The molecular weight excluding hydrogens is 614 g/mol. The van der Waals surface area contributed by atoms with Gasteiger partial charge < -0.3 is 40.5 Å². The molecule has 0 aromatic heterocycles. The fourth-order valence-electron chi connectivity index (χ4n) is 4.96. The maximum absolute atomic E-state index is 13.5. The van der Waals surface area contributed by atoms with E-state index < -0.39 is 21.9 Å². The van der Waals surface area contributed by atoms with E-state index in [0.717, 1.165) is 16.7 Å². The predicted molar refractivity (Wildman–Crippen MR) is 175 cm³/mol. The Morgan fingerprint density at radius 1 is 0.957 bits per heavy atom. The number of benzene rings is 3. The SMILES string of the molecule is COc1cc(C(CC(=O)O)c2ccc(C)c(CN(C)S(=O)(=O)c3ccc(OCCOCCOCCN)cc3)c2)cc([NH3+])c1N(C)N. The average Bonchev–Trinajstić information content (AvgIpc) is 3.01. The van der Waals surface area contributed by atoms with Gasteiger partial charge in [0.2, 0.25) is 10.0 Å². The lowest BCUT2D eigenvalue weighted by molar-refractivity contribution is -0.254. The Morgan fingerprint density at radius 2 is 1.61 bits per heavy atom. The molecule has 14 heteroatoms. The highest BCUT2D eigenvalue weighted by Crippen LogP contribution is 2.39. The van der Waals surface area contributed by atoms with Gasteiger partial charge in [-0.2, -0.15) is 4.31 Å². The van der Waals surface area contributed by atoms with Crippen LogP contribution in [0.15, 0.2) is 59.5 Å². The van der Waals surface area contributed by atoms with Crippen LogP contribution in [0.5, 0.6) is 11.5 Å². The quantitative estimate of drug-likeness (QED) is 0.0834. The van der Waals surface area contributed by atoms with Crippen molar-refractivity contribution in [2.24, 2.45) is 11.6 Å². The fourth-order valence-corrected chi connectivity index (χ4v) is 6.11. The second-order valence-electron chi connectivity index (χ2n) is 10.8. The van der Waals surface area contributed by atoms with Crippen molar-refractivity contribution in [3.63, 3.8) is 0 Å². The molecule has 0 bridgehead atoms. The Morgan fingerprint density at radius 3 is 2.22 bits per heavy atom. The molecule has 0 radical (unpaired) electrons. The van der Waals surface area contributed by atoms with Gasteiger partial charge in [-0.05, 0) is 59.5 Å². The third-order valence-electron chi connectivity index (χ3n) is 7.36. The van der Waals surface area contributed by atoms with E-state index in [-0.39, 0.29) is 17.9 Å². The Kier molecular flexibility index (Phi) is 13.8. The number of quaternary nitrogens is 1. The number of anilines is 1. The minimum atomic E-state index is -3.85. The summed E-state index contributed by atoms with van der Waals surface area (Å²) >= 11 is 0. The smallest absolute Gasteiger partial charge is 0.304 e. The number of carbonyl (C=O) groups is 1. The Balaban J connectivity index is 1.76. The van der Waals surface area contributed by atoms with Gasteiger partial charge in [-0.15, -0.1) is 0 Å². The first-order chi connectivity index (χ1) is 21.9. The Hall–Kier alpha value is -3.76. The van der Waals surface area contributed by atoms with Crippen molar-refractivity contribution in [3.05, 3.63) is 76.9 Å². The van der Waals surface area contributed by atoms with Gasteiger partial charge in [-0.3, -0.25) is 4.79 Å². The monoisotopic (exact) mass is 660 g/mol. The van der Waals surface area contributed by atoms with Crippen LogP contribution in [-0.2, 0) is 30.8 Å². The molecule has 0 saturated carbocycles. The van der Waals surface area contributed by atoms with Gasteiger partial charge in [-0.1, -0.05) is 18.2 Å². The van der Waals surface area contributed by atoms with Gasteiger partial charge in [-0.25, -0.2) is 14.3 Å². The number of carboxylic acid groups (broad SMARTS) is 1. The molecule has 0 amide bonds. The number of nitrogens with two attached hydrogens (primary N) is 2. The van der Waals surface area contributed by atoms with Crippen molar-refractivity contribution in [2.75, 3.05) is 65.8 Å². The molecule has 1 atom stereocenters. The largest absolute Gasteiger partial charge is 0.494 e. The van der Waals surface area contributed by atoms with E-state index in [2.05, 4.69) is 5.73 Å². The second kappa shape index (κ2) is 17.2. The van der Waals surface area contributed by atoms with E-state index in [0.29, 0.717) is 68.0 Å². The van der Waals surface area contributed by atoms with Crippen molar-refractivity contribution < 1.29 is 43.0 Å². The zero-order valence-corrected chi connectivity index (χ0v) is 27.7. The van der Waals surface area contributed by atoms with E-state index >= 15 is 0 Å². The zero-order chi connectivity index (χ0) is 33.9. The molecule has 252 valence electrons. The van der Waals surface area contributed by atoms with Gasteiger partial charge in [0.05, 0.1) is 44.9 Å². The van der Waals surface area contributed by atoms with Crippen LogP contribution in [0.4, 0.5) is 11.4 Å². The molecule has 0 heterocycles. The molecule has 13 nitrogen and oxygen atoms in total. The number of hydrogen-bond acceptors (Lipinski definition) is 10. The van der Waals surface area contributed by atoms with Crippen LogP contribution in [0.3, 0.4) is 0 Å². The highest BCUT2D eigenvalue weighted by molar-refractivity contribution is 7.89. The Labute approximate surface area is 270 Å². The predicted octanol–water partition coefficient (Wildman–Crippen LogP) is 1.98. The summed E-state index contributed by atoms with van der Waals surface area (Å²) in [5.41, 5.74) is 13.7. The molecule has 46 heavy (non-hydrogen) atoms. The molecule has 0 fully saturated rings. The second-order valence-corrected chi connectivity index (χ2v) is 12.8. The molecule has 3 aromatic rings. The molecule has 0 saturated heterocycles. The van der Waals surface area contributed by atoms with E-state index in [1.54, 1.807) is 31.3 Å². The molecule has 3 rings (SSSR count). The number of sulfonamides is 1. The molecule has 0 spiro atoms.